The van der Waals surface area contributed by atoms with Gasteiger partial charge >= 0.3 is 5.97 Å². The molecule has 0 amide bonds. The summed E-state index contributed by atoms with van der Waals surface area (Å²) in [5.74, 6) is -1.03. The van der Waals surface area contributed by atoms with Gasteiger partial charge in [0.05, 0.1) is 17.2 Å². The van der Waals surface area contributed by atoms with Crippen LogP contribution < -0.4 is 0 Å². The van der Waals surface area contributed by atoms with E-state index in [0.717, 1.165) is 40.6 Å². The molecule has 1 aliphatic carbocycles. The zero-order chi connectivity index (χ0) is 22.3. The number of aliphatic carboxylic acids is 1. The summed E-state index contributed by atoms with van der Waals surface area (Å²) < 4.78 is 6.05. The molecule has 1 unspecified atom stereocenters. The second-order valence-electron chi connectivity index (χ2n) is 9.01. The maximum atomic E-state index is 12.4. The lowest BCUT2D eigenvalue weighted by Gasteiger charge is -2.28. The number of aromatic nitrogens is 1. The highest BCUT2D eigenvalue weighted by molar-refractivity contribution is 7.19. The number of carboxylic acid groups (broad SMARTS) is 1. The van der Waals surface area contributed by atoms with E-state index in [2.05, 4.69) is 6.07 Å². The van der Waals surface area contributed by atoms with Crippen LogP contribution in [0.1, 0.15) is 67.0 Å². The maximum absolute atomic E-state index is 12.4. The number of thiophene rings is 1. The Morgan fingerprint density at radius 2 is 1.90 bits per heavy atom. The van der Waals surface area contributed by atoms with E-state index in [-0.39, 0.29) is 0 Å². The predicted molar refractivity (Wildman–Crippen MR) is 122 cm³/mol. The van der Waals surface area contributed by atoms with E-state index in [0.29, 0.717) is 16.8 Å². The zero-order valence-electron chi connectivity index (χ0n) is 18.3. The first-order valence-corrected chi connectivity index (χ1v) is 11.4. The van der Waals surface area contributed by atoms with Gasteiger partial charge in [-0.3, -0.25) is 0 Å². The summed E-state index contributed by atoms with van der Waals surface area (Å²) in [7, 11) is 0. The van der Waals surface area contributed by atoms with Crippen molar-refractivity contribution in [3.8, 4) is 17.2 Å². The molecule has 3 aromatic rings. The van der Waals surface area contributed by atoms with Gasteiger partial charge < -0.3 is 9.84 Å². The van der Waals surface area contributed by atoms with Crippen molar-refractivity contribution >= 4 is 27.5 Å². The van der Waals surface area contributed by atoms with Crippen molar-refractivity contribution in [2.45, 2.75) is 65.1 Å². The Hall–Kier alpha value is -2.75. The van der Waals surface area contributed by atoms with Gasteiger partial charge in [-0.2, -0.15) is 5.26 Å². The minimum atomic E-state index is -1.14. The number of aryl methyl sites for hydroxylation is 3. The monoisotopic (exact) mass is 434 g/mol. The quantitative estimate of drug-likeness (QED) is 0.547. The highest BCUT2D eigenvalue weighted by atomic mass is 32.1. The standard InChI is InChI=1S/C25H26N2O3S/c1-14-19(22(24(28)29)30-25(2,3)4)20(16-11-9-15(13-26)10-12-16)21-17-7-5-6-8-18(17)31-23(21)27-14/h9-12,22H,5-8H2,1-4H3,(H,28,29). The summed E-state index contributed by atoms with van der Waals surface area (Å²) in [5, 5.41) is 20.4. The average molecular weight is 435 g/mol. The summed E-state index contributed by atoms with van der Waals surface area (Å²) in [6.45, 7) is 7.44. The van der Waals surface area contributed by atoms with Gasteiger partial charge in [0.15, 0.2) is 6.10 Å². The van der Waals surface area contributed by atoms with Crippen LogP contribution in [-0.4, -0.2) is 21.7 Å². The molecule has 0 saturated carbocycles. The number of pyridine rings is 1. The summed E-state index contributed by atoms with van der Waals surface area (Å²) in [6.07, 6.45) is 3.17. The van der Waals surface area contributed by atoms with E-state index >= 15 is 0 Å². The van der Waals surface area contributed by atoms with Crippen LogP contribution in [0.2, 0.25) is 0 Å². The number of fused-ring (bicyclic) bond motifs is 3. The fraction of sp³-hybridized carbons (Fsp3) is 0.400. The Morgan fingerprint density at radius 1 is 1.23 bits per heavy atom. The van der Waals surface area contributed by atoms with Gasteiger partial charge in [0.1, 0.15) is 4.83 Å². The summed E-state index contributed by atoms with van der Waals surface area (Å²) in [6, 6.07) is 9.52. The van der Waals surface area contributed by atoms with E-state index in [1.54, 1.807) is 23.5 Å². The number of hydrogen-bond acceptors (Lipinski definition) is 5. The van der Waals surface area contributed by atoms with Crippen molar-refractivity contribution in [3.05, 3.63) is 51.5 Å². The molecule has 0 radical (unpaired) electrons. The number of carbonyl (C=O) groups is 1. The van der Waals surface area contributed by atoms with E-state index in [1.807, 2.05) is 39.8 Å². The third-order valence-corrected chi connectivity index (χ3v) is 6.78. The van der Waals surface area contributed by atoms with Gasteiger partial charge in [-0.1, -0.05) is 12.1 Å². The van der Waals surface area contributed by atoms with Gasteiger partial charge in [-0.25, -0.2) is 9.78 Å². The van der Waals surface area contributed by atoms with E-state index < -0.39 is 17.7 Å². The molecule has 0 bridgehead atoms. The third kappa shape index (κ3) is 4.08. The molecule has 1 atom stereocenters. The third-order valence-electron chi connectivity index (χ3n) is 5.59. The molecule has 1 aliphatic rings. The number of ether oxygens (including phenoxy) is 1. The minimum Gasteiger partial charge on any atom is -0.479 e. The molecule has 1 aromatic carbocycles. The van der Waals surface area contributed by atoms with Gasteiger partial charge in [-0.05, 0) is 76.6 Å². The van der Waals surface area contributed by atoms with Gasteiger partial charge in [0, 0.05) is 27.1 Å². The van der Waals surface area contributed by atoms with Gasteiger partial charge in [-0.15, -0.1) is 11.3 Å². The number of rotatable bonds is 4. The van der Waals surface area contributed by atoms with E-state index in [4.69, 9.17) is 9.72 Å². The maximum Gasteiger partial charge on any atom is 0.337 e. The first-order valence-electron chi connectivity index (χ1n) is 10.6. The highest BCUT2D eigenvalue weighted by Gasteiger charge is 2.33. The molecule has 6 heteroatoms. The van der Waals surface area contributed by atoms with Crippen LogP contribution in [0.15, 0.2) is 24.3 Å². The SMILES string of the molecule is Cc1nc2sc3c(c2c(-c2ccc(C#N)cc2)c1C(OC(C)(C)C)C(=O)O)CCCC3. The molecule has 2 heterocycles. The molecule has 31 heavy (non-hydrogen) atoms. The lowest BCUT2D eigenvalue weighted by molar-refractivity contribution is -0.160. The summed E-state index contributed by atoms with van der Waals surface area (Å²) >= 11 is 1.72. The smallest absolute Gasteiger partial charge is 0.337 e. The number of hydrogen-bond donors (Lipinski definition) is 1. The normalized spacial score (nSPS) is 14.8. The molecule has 0 spiro atoms. The molecule has 160 valence electrons. The largest absolute Gasteiger partial charge is 0.479 e. The summed E-state index contributed by atoms with van der Waals surface area (Å²) in [4.78, 5) is 19.5. The number of benzene rings is 1. The minimum absolute atomic E-state index is 0.570. The first kappa shape index (κ1) is 21.5. The Balaban J connectivity index is 2.08. The Bertz CT molecular complexity index is 1200. The second kappa shape index (κ2) is 8.07. The fourth-order valence-electron chi connectivity index (χ4n) is 4.33. The molecular formula is C25H26N2O3S. The molecule has 4 rings (SSSR count). The molecule has 0 aliphatic heterocycles. The van der Waals surface area contributed by atoms with Crippen molar-refractivity contribution in [1.82, 2.24) is 4.98 Å². The number of nitrogens with zero attached hydrogens (tertiary/aromatic N) is 2. The predicted octanol–water partition coefficient (Wildman–Crippen LogP) is 5.96. The van der Waals surface area contributed by atoms with Crippen molar-refractivity contribution < 1.29 is 14.6 Å². The molecule has 1 N–H and O–H groups in total. The van der Waals surface area contributed by atoms with Crippen LogP contribution in [0.5, 0.6) is 0 Å². The fourth-order valence-corrected chi connectivity index (χ4v) is 5.65. The van der Waals surface area contributed by atoms with Crippen LogP contribution in [0, 0.1) is 18.3 Å². The van der Waals surface area contributed by atoms with Crippen LogP contribution in [-0.2, 0) is 22.4 Å². The molecule has 0 saturated heterocycles. The van der Waals surface area contributed by atoms with Crippen LogP contribution in [0.4, 0.5) is 0 Å². The van der Waals surface area contributed by atoms with Crippen LogP contribution in [0.3, 0.4) is 0 Å². The van der Waals surface area contributed by atoms with Crippen molar-refractivity contribution in [2.24, 2.45) is 0 Å². The Labute approximate surface area is 186 Å². The lowest BCUT2D eigenvalue weighted by atomic mass is 9.87. The van der Waals surface area contributed by atoms with Crippen molar-refractivity contribution in [1.29, 1.82) is 5.26 Å². The van der Waals surface area contributed by atoms with Crippen LogP contribution in [0.25, 0.3) is 21.3 Å². The Morgan fingerprint density at radius 3 is 2.52 bits per heavy atom. The van der Waals surface area contributed by atoms with Gasteiger partial charge in [0.25, 0.3) is 0 Å². The molecule has 5 nitrogen and oxygen atoms in total. The van der Waals surface area contributed by atoms with Crippen molar-refractivity contribution in [2.75, 3.05) is 0 Å². The first-order chi connectivity index (χ1) is 14.7. The lowest BCUT2D eigenvalue weighted by Crippen LogP contribution is -2.28. The van der Waals surface area contributed by atoms with Crippen molar-refractivity contribution in [3.63, 3.8) is 0 Å². The van der Waals surface area contributed by atoms with E-state index in [1.165, 1.54) is 16.9 Å². The molecule has 2 aromatic heterocycles. The topological polar surface area (TPSA) is 83.2 Å². The zero-order valence-corrected chi connectivity index (χ0v) is 19.1. The Kier molecular flexibility index (Phi) is 5.59. The van der Waals surface area contributed by atoms with E-state index in [9.17, 15) is 15.2 Å². The second-order valence-corrected chi connectivity index (χ2v) is 10.1. The highest BCUT2D eigenvalue weighted by Crippen LogP contribution is 2.45. The summed E-state index contributed by atoms with van der Waals surface area (Å²) in [5.41, 5.74) is 4.26. The van der Waals surface area contributed by atoms with Gasteiger partial charge in [0.2, 0.25) is 0 Å². The number of carboxylic acids is 1. The molecular weight excluding hydrogens is 408 g/mol. The average Bonchev–Trinajstić information content (AvgIpc) is 3.08. The van der Waals surface area contributed by atoms with Crippen LogP contribution >= 0.6 is 11.3 Å². The number of nitriles is 1. The molecule has 0 fully saturated rings.